The van der Waals surface area contributed by atoms with Crippen molar-refractivity contribution in [3.63, 3.8) is 0 Å². The van der Waals surface area contributed by atoms with Crippen LogP contribution in [-0.4, -0.2) is 38.2 Å². The Morgan fingerprint density at radius 2 is 1.68 bits per heavy atom. The summed E-state index contributed by atoms with van der Waals surface area (Å²) in [5, 5.41) is 0.175. The number of benzene rings is 1. The summed E-state index contributed by atoms with van der Waals surface area (Å²) in [7, 11) is -1.82. The summed E-state index contributed by atoms with van der Waals surface area (Å²) in [5.41, 5.74) is 1.24. The molecule has 1 saturated heterocycles. The molecule has 1 atom stereocenters. The monoisotopic (exact) mass is 399 g/mol. The number of nitrogens with zero attached hydrogens (tertiary/aromatic N) is 1. The second kappa shape index (κ2) is 9.53. The Balaban J connectivity index is 1.96. The zero-order chi connectivity index (χ0) is 20.8. The molecule has 0 saturated carbocycles. The topological polar surface area (TPSA) is 46.6 Å². The number of carbonyl (C=O) groups excluding carboxylic acids is 2. The maximum atomic E-state index is 11.6. The smallest absolute Gasteiger partial charge is 0.229 e. The second-order valence-corrected chi connectivity index (χ2v) is 13.7. The average molecular weight is 400 g/mol. The van der Waals surface area contributed by atoms with Gasteiger partial charge in [0.15, 0.2) is 8.32 Å². The van der Waals surface area contributed by atoms with Gasteiger partial charge in [-0.25, -0.2) is 0 Å². The predicted octanol–water partition coefficient (Wildman–Crippen LogP) is 4.72. The molecule has 1 unspecified atom stereocenters. The zero-order valence-electron chi connectivity index (χ0n) is 17.9. The van der Waals surface area contributed by atoms with Gasteiger partial charge in [-0.1, -0.05) is 51.1 Å². The third kappa shape index (κ3) is 6.05. The van der Waals surface area contributed by atoms with Gasteiger partial charge in [-0.05, 0) is 23.7 Å². The lowest BCUT2D eigenvalue weighted by Crippen LogP contribution is -2.41. The second-order valence-electron chi connectivity index (χ2n) is 8.93. The lowest BCUT2D eigenvalue weighted by molar-refractivity contribution is -0.138. The van der Waals surface area contributed by atoms with Crippen molar-refractivity contribution >= 4 is 20.1 Å². The standard InChI is InChI=1S/C23H33NO3Si/c1-23(2,3)28(4,5)27-18-20(19-12-8-6-9-13-19)14-10-7-11-17-24-21(25)15-16-22(24)26/h6,8-9,12-13,20H,11,14-18H2,1-5H3. The van der Waals surface area contributed by atoms with Crippen LogP contribution in [0, 0.1) is 11.8 Å². The number of carbonyl (C=O) groups is 2. The molecule has 2 amide bonds. The summed E-state index contributed by atoms with van der Waals surface area (Å²) >= 11 is 0. The van der Waals surface area contributed by atoms with Gasteiger partial charge in [-0.3, -0.25) is 14.5 Å². The fourth-order valence-electron chi connectivity index (χ4n) is 2.85. The van der Waals surface area contributed by atoms with Gasteiger partial charge in [0.05, 0.1) is 0 Å². The summed E-state index contributed by atoms with van der Waals surface area (Å²) in [6, 6.07) is 10.4. The third-order valence-electron chi connectivity index (χ3n) is 5.81. The van der Waals surface area contributed by atoms with Crippen LogP contribution in [0.4, 0.5) is 0 Å². The van der Waals surface area contributed by atoms with Crippen LogP contribution in [0.1, 0.15) is 57.9 Å². The van der Waals surface area contributed by atoms with Crippen LogP contribution in [0.3, 0.4) is 0 Å². The maximum absolute atomic E-state index is 11.6. The summed E-state index contributed by atoms with van der Waals surface area (Å²) in [6.07, 6.45) is 1.92. The Bertz CT molecular complexity index is 725. The first kappa shape index (κ1) is 22.4. The third-order valence-corrected chi connectivity index (χ3v) is 10.3. The highest BCUT2D eigenvalue weighted by Gasteiger charge is 2.37. The van der Waals surface area contributed by atoms with Crippen molar-refractivity contribution in [2.45, 2.75) is 70.5 Å². The first-order valence-corrected chi connectivity index (χ1v) is 13.0. The van der Waals surface area contributed by atoms with Gasteiger partial charge in [0.1, 0.15) is 0 Å². The van der Waals surface area contributed by atoms with E-state index < -0.39 is 8.32 Å². The quantitative estimate of drug-likeness (QED) is 0.378. The van der Waals surface area contributed by atoms with Crippen LogP contribution < -0.4 is 0 Å². The van der Waals surface area contributed by atoms with Crippen molar-refractivity contribution in [1.29, 1.82) is 0 Å². The summed E-state index contributed by atoms with van der Waals surface area (Å²) in [6.45, 7) is 12.3. The molecule has 4 nitrogen and oxygen atoms in total. The molecule has 1 aromatic carbocycles. The molecule has 1 fully saturated rings. The highest BCUT2D eigenvalue weighted by Crippen LogP contribution is 2.37. The predicted molar refractivity (Wildman–Crippen MR) is 115 cm³/mol. The highest BCUT2D eigenvalue weighted by molar-refractivity contribution is 6.74. The Hall–Kier alpha value is -1.90. The minimum absolute atomic E-state index is 0.0725. The van der Waals surface area contributed by atoms with Gasteiger partial charge in [-0.2, -0.15) is 0 Å². The van der Waals surface area contributed by atoms with Crippen molar-refractivity contribution in [2.75, 3.05) is 13.2 Å². The Morgan fingerprint density at radius 3 is 2.25 bits per heavy atom. The van der Waals surface area contributed by atoms with Gasteiger partial charge in [0.25, 0.3) is 0 Å². The van der Waals surface area contributed by atoms with Crippen LogP contribution >= 0.6 is 0 Å². The normalized spacial score (nSPS) is 16.1. The van der Waals surface area contributed by atoms with Crippen LogP contribution in [0.5, 0.6) is 0 Å². The van der Waals surface area contributed by atoms with E-state index in [0.717, 1.165) is 0 Å². The van der Waals surface area contributed by atoms with Crippen LogP contribution in [0.2, 0.25) is 18.1 Å². The molecular weight excluding hydrogens is 366 g/mol. The molecule has 5 heteroatoms. The molecule has 0 spiro atoms. The highest BCUT2D eigenvalue weighted by atomic mass is 28.4. The lowest BCUT2D eigenvalue weighted by atomic mass is 9.97. The largest absolute Gasteiger partial charge is 0.416 e. The maximum Gasteiger partial charge on any atom is 0.229 e. The molecule has 1 aromatic rings. The molecule has 0 radical (unpaired) electrons. The number of rotatable bonds is 7. The minimum Gasteiger partial charge on any atom is -0.416 e. The lowest BCUT2D eigenvalue weighted by Gasteiger charge is -2.37. The van der Waals surface area contributed by atoms with Crippen LogP contribution in [0.25, 0.3) is 0 Å². The van der Waals surface area contributed by atoms with E-state index in [9.17, 15) is 9.59 Å². The summed E-state index contributed by atoms with van der Waals surface area (Å²) in [4.78, 5) is 24.6. The first-order chi connectivity index (χ1) is 13.1. The summed E-state index contributed by atoms with van der Waals surface area (Å²) in [5.74, 6) is 6.46. The molecule has 1 aliphatic rings. The molecule has 152 valence electrons. The number of imide groups is 1. The number of hydrogen-bond donors (Lipinski definition) is 0. The molecule has 0 N–H and O–H groups in total. The van der Waals surface area contributed by atoms with Crippen LogP contribution in [-0.2, 0) is 14.0 Å². The van der Waals surface area contributed by atoms with E-state index in [-0.39, 0.29) is 22.8 Å². The van der Waals surface area contributed by atoms with Gasteiger partial charge >= 0.3 is 0 Å². The molecule has 0 aliphatic carbocycles. The average Bonchev–Trinajstić information content (AvgIpc) is 2.95. The van der Waals surface area contributed by atoms with Gasteiger partial charge < -0.3 is 4.43 Å². The molecule has 0 bridgehead atoms. The fraction of sp³-hybridized carbons (Fsp3) is 0.565. The number of hydrogen-bond acceptors (Lipinski definition) is 3. The fourth-order valence-corrected chi connectivity index (χ4v) is 3.90. The van der Waals surface area contributed by atoms with Gasteiger partial charge in [0.2, 0.25) is 11.8 Å². The van der Waals surface area contributed by atoms with E-state index in [4.69, 9.17) is 4.43 Å². The zero-order valence-corrected chi connectivity index (χ0v) is 18.9. The van der Waals surface area contributed by atoms with Crippen molar-refractivity contribution in [1.82, 2.24) is 4.90 Å². The van der Waals surface area contributed by atoms with E-state index in [1.807, 2.05) is 18.2 Å². The van der Waals surface area contributed by atoms with E-state index >= 15 is 0 Å². The molecular formula is C23H33NO3Si. The van der Waals surface area contributed by atoms with Crippen molar-refractivity contribution in [3.8, 4) is 11.8 Å². The van der Waals surface area contributed by atoms with Crippen molar-refractivity contribution in [3.05, 3.63) is 35.9 Å². The van der Waals surface area contributed by atoms with E-state index in [1.165, 1.54) is 10.5 Å². The van der Waals surface area contributed by atoms with Gasteiger partial charge in [-0.15, -0.1) is 11.8 Å². The van der Waals surface area contributed by atoms with E-state index in [2.05, 4.69) is 57.8 Å². The van der Waals surface area contributed by atoms with Crippen LogP contribution in [0.15, 0.2) is 30.3 Å². The Morgan fingerprint density at radius 1 is 1.07 bits per heavy atom. The van der Waals surface area contributed by atoms with E-state index in [1.54, 1.807) is 0 Å². The SMILES string of the molecule is CC(C)(C)[Si](C)(C)OCC(CC#CCCN1C(=O)CCC1=O)c1ccccc1. The Kier molecular flexibility index (Phi) is 7.62. The van der Waals surface area contributed by atoms with E-state index in [0.29, 0.717) is 38.8 Å². The minimum atomic E-state index is -1.82. The number of likely N-dealkylation sites (tertiary alicyclic amines) is 1. The van der Waals surface area contributed by atoms with Gasteiger partial charge in [0, 0.05) is 44.8 Å². The van der Waals surface area contributed by atoms with Crippen molar-refractivity contribution < 1.29 is 14.0 Å². The summed E-state index contributed by atoms with van der Waals surface area (Å²) < 4.78 is 6.45. The molecule has 28 heavy (non-hydrogen) atoms. The first-order valence-electron chi connectivity index (χ1n) is 10.1. The molecule has 1 heterocycles. The molecule has 2 rings (SSSR count). The molecule has 1 aliphatic heterocycles. The Labute approximate surface area is 170 Å². The van der Waals surface area contributed by atoms with Crippen molar-refractivity contribution in [2.24, 2.45) is 0 Å². The number of amides is 2. The molecule has 0 aromatic heterocycles.